The molecule has 0 radical (unpaired) electrons. The molecule has 0 aliphatic carbocycles. The Hall–Kier alpha value is -2.38. The average molecular weight is 291 g/mol. The fourth-order valence-electron chi connectivity index (χ4n) is 1.84. The fraction of sp³-hybridized carbons (Fsp3) is 0.286. The molecule has 1 aliphatic rings. The lowest BCUT2D eigenvalue weighted by molar-refractivity contribution is -0.243. The summed E-state index contributed by atoms with van der Waals surface area (Å²) in [6.07, 6.45) is 0.819. The fourth-order valence-corrected chi connectivity index (χ4v) is 1.84. The normalized spacial score (nSPS) is 15.0. The molecule has 1 atom stereocenters. The molecule has 1 aromatic carbocycles. The van der Waals surface area contributed by atoms with Crippen molar-refractivity contribution >= 4 is 11.7 Å². The van der Waals surface area contributed by atoms with Crippen molar-refractivity contribution < 1.29 is 19.3 Å². The number of hydrogen-bond donors (Lipinski definition) is 3. The standard InChI is InChI=1S/C14H17N3O4/c1-19-12(11-6-7-20-21-11)14(18)17-8-9-2-4-10(5-3-9)13(15)16/h2-6,12H,7-8H2,1H3,(H3,15,16)(H,17,18). The number of carbonyl (C=O) groups excluding carboxylic acids is 1. The highest BCUT2D eigenvalue weighted by Gasteiger charge is 2.27. The van der Waals surface area contributed by atoms with E-state index in [0.717, 1.165) is 5.56 Å². The van der Waals surface area contributed by atoms with Crippen molar-refractivity contribution in [2.75, 3.05) is 13.7 Å². The van der Waals surface area contributed by atoms with Crippen LogP contribution >= 0.6 is 0 Å². The van der Waals surface area contributed by atoms with Crippen molar-refractivity contribution in [3.05, 3.63) is 47.2 Å². The number of amidine groups is 1. The molecule has 0 saturated carbocycles. The number of nitrogens with two attached hydrogens (primary N) is 1. The van der Waals surface area contributed by atoms with Crippen LogP contribution in [-0.4, -0.2) is 31.6 Å². The molecule has 1 heterocycles. The van der Waals surface area contributed by atoms with Gasteiger partial charge in [-0.2, -0.15) is 4.89 Å². The van der Waals surface area contributed by atoms with E-state index >= 15 is 0 Å². The van der Waals surface area contributed by atoms with Crippen LogP contribution < -0.4 is 11.1 Å². The summed E-state index contributed by atoms with van der Waals surface area (Å²) in [5.41, 5.74) is 6.91. The molecule has 0 spiro atoms. The smallest absolute Gasteiger partial charge is 0.257 e. The Kier molecular flexibility index (Phi) is 4.91. The number of nitrogen functional groups attached to an aromatic ring is 1. The molecule has 1 amide bonds. The zero-order chi connectivity index (χ0) is 15.2. The summed E-state index contributed by atoms with van der Waals surface area (Å²) in [4.78, 5) is 21.6. The Morgan fingerprint density at radius 3 is 2.71 bits per heavy atom. The highest BCUT2D eigenvalue weighted by Crippen LogP contribution is 2.14. The molecular formula is C14H17N3O4. The first-order valence-electron chi connectivity index (χ1n) is 6.35. The highest BCUT2D eigenvalue weighted by molar-refractivity contribution is 5.94. The first-order valence-corrected chi connectivity index (χ1v) is 6.35. The molecule has 112 valence electrons. The molecule has 1 unspecified atom stereocenters. The molecule has 0 bridgehead atoms. The van der Waals surface area contributed by atoms with Gasteiger partial charge in [0, 0.05) is 19.2 Å². The van der Waals surface area contributed by atoms with Crippen molar-refractivity contribution in [2.24, 2.45) is 5.73 Å². The largest absolute Gasteiger partial charge is 0.384 e. The second-order valence-electron chi connectivity index (χ2n) is 4.42. The minimum atomic E-state index is -0.830. The number of nitrogens with one attached hydrogen (secondary N) is 2. The van der Waals surface area contributed by atoms with E-state index < -0.39 is 6.10 Å². The number of rotatable bonds is 6. The van der Waals surface area contributed by atoms with Gasteiger partial charge in [-0.1, -0.05) is 24.3 Å². The zero-order valence-electron chi connectivity index (χ0n) is 11.6. The van der Waals surface area contributed by atoms with Crippen molar-refractivity contribution in [2.45, 2.75) is 12.6 Å². The number of amides is 1. The maximum Gasteiger partial charge on any atom is 0.257 e. The lowest BCUT2D eigenvalue weighted by Gasteiger charge is -2.15. The lowest BCUT2D eigenvalue weighted by Crippen LogP contribution is -2.36. The Morgan fingerprint density at radius 1 is 1.48 bits per heavy atom. The Morgan fingerprint density at radius 2 is 2.19 bits per heavy atom. The Balaban J connectivity index is 1.92. The summed E-state index contributed by atoms with van der Waals surface area (Å²) in [7, 11) is 1.43. The molecule has 1 aliphatic heterocycles. The van der Waals surface area contributed by atoms with Gasteiger partial charge in [0.2, 0.25) is 0 Å². The van der Waals surface area contributed by atoms with Crippen LogP contribution in [0.15, 0.2) is 36.1 Å². The summed E-state index contributed by atoms with van der Waals surface area (Å²) in [6.45, 7) is 0.639. The predicted octanol–water partition coefficient (Wildman–Crippen LogP) is 0.448. The van der Waals surface area contributed by atoms with Gasteiger partial charge in [0.1, 0.15) is 12.4 Å². The predicted molar refractivity (Wildman–Crippen MR) is 75.2 cm³/mol. The molecular weight excluding hydrogens is 274 g/mol. The van der Waals surface area contributed by atoms with Crippen molar-refractivity contribution in [3.63, 3.8) is 0 Å². The third kappa shape index (κ3) is 3.80. The summed E-state index contributed by atoms with van der Waals surface area (Å²) in [6, 6.07) is 7.06. The van der Waals surface area contributed by atoms with Crippen LogP contribution in [0.2, 0.25) is 0 Å². The maximum absolute atomic E-state index is 12.0. The van der Waals surface area contributed by atoms with Crippen molar-refractivity contribution in [1.29, 1.82) is 5.41 Å². The van der Waals surface area contributed by atoms with Crippen LogP contribution in [0.3, 0.4) is 0 Å². The van der Waals surface area contributed by atoms with Crippen molar-refractivity contribution in [3.8, 4) is 0 Å². The molecule has 4 N–H and O–H groups in total. The first kappa shape index (κ1) is 15.0. The van der Waals surface area contributed by atoms with Gasteiger partial charge in [0.05, 0.1) is 0 Å². The summed E-state index contributed by atoms with van der Waals surface area (Å²) < 4.78 is 5.11. The Labute approximate surface area is 122 Å². The summed E-state index contributed by atoms with van der Waals surface area (Å²) >= 11 is 0. The SMILES string of the molecule is COC(C(=O)NCc1ccc(C(=N)N)cc1)C1=CCOO1. The van der Waals surface area contributed by atoms with E-state index in [1.807, 2.05) is 0 Å². The Bertz CT molecular complexity index is 554. The summed E-state index contributed by atoms with van der Waals surface area (Å²) in [5.74, 6) is 0.0437. The third-order valence-electron chi connectivity index (χ3n) is 2.97. The van der Waals surface area contributed by atoms with Crippen molar-refractivity contribution in [1.82, 2.24) is 5.32 Å². The lowest BCUT2D eigenvalue weighted by atomic mass is 10.1. The molecule has 7 nitrogen and oxygen atoms in total. The molecule has 1 aromatic rings. The van der Waals surface area contributed by atoms with Crippen LogP contribution in [0.1, 0.15) is 11.1 Å². The average Bonchev–Trinajstić information content (AvgIpc) is 3.00. The van der Waals surface area contributed by atoms with Gasteiger partial charge in [-0.15, -0.1) is 0 Å². The number of benzene rings is 1. The van der Waals surface area contributed by atoms with E-state index in [4.69, 9.17) is 25.7 Å². The van der Waals surface area contributed by atoms with Gasteiger partial charge in [0.25, 0.3) is 5.91 Å². The number of carbonyl (C=O) groups is 1. The van der Waals surface area contributed by atoms with Gasteiger partial charge < -0.3 is 20.7 Å². The van der Waals surface area contributed by atoms with E-state index in [-0.39, 0.29) is 11.7 Å². The van der Waals surface area contributed by atoms with Crippen LogP contribution in [0.5, 0.6) is 0 Å². The van der Waals surface area contributed by atoms with E-state index in [1.165, 1.54) is 7.11 Å². The van der Waals surface area contributed by atoms with Gasteiger partial charge in [-0.05, 0) is 11.6 Å². The number of ether oxygens (including phenoxy) is 1. The van der Waals surface area contributed by atoms with Gasteiger partial charge in [0.15, 0.2) is 11.9 Å². The minimum absolute atomic E-state index is 0.00959. The van der Waals surface area contributed by atoms with Gasteiger partial charge in [-0.3, -0.25) is 10.2 Å². The van der Waals surface area contributed by atoms with E-state index in [2.05, 4.69) is 5.32 Å². The molecule has 7 heteroatoms. The van der Waals surface area contributed by atoms with E-state index in [9.17, 15) is 4.79 Å². The van der Waals surface area contributed by atoms with Crippen LogP contribution in [0, 0.1) is 5.41 Å². The second-order valence-corrected chi connectivity index (χ2v) is 4.42. The molecule has 0 aromatic heterocycles. The zero-order valence-corrected chi connectivity index (χ0v) is 11.6. The molecule has 21 heavy (non-hydrogen) atoms. The molecule has 2 rings (SSSR count). The van der Waals surface area contributed by atoms with Gasteiger partial charge >= 0.3 is 0 Å². The molecule has 0 fully saturated rings. The third-order valence-corrected chi connectivity index (χ3v) is 2.97. The second kappa shape index (κ2) is 6.87. The highest BCUT2D eigenvalue weighted by atomic mass is 17.2. The van der Waals surface area contributed by atoms with Crippen LogP contribution in [0.4, 0.5) is 0 Å². The molecule has 0 saturated heterocycles. The number of methoxy groups -OCH3 is 1. The quantitative estimate of drug-likeness (QED) is 0.401. The van der Waals surface area contributed by atoms with E-state index in [0.29, 0.717) is 24.5 Å². The topological polar surface area (TPSA) is 107 Å². The summed E-state index contributed by atoms with van der Waals surface area (Å²) in [5, 5.41) is 10.1. The minimum Gasteiger partial charge on any atom is -0.384 e. The van der Waals surface area contributed by atoms with Crippen LogP contribution in [0.25, 0.3) is 0 Å². The maximum atomic E-state index is 12.0. The van der Waals surface area contributed by atoms with E-state index in [1.54, 1.807) is 30.3 Å². The van der Waals surface area contributed by atoms with Crippen LogP contribution in [-0.2, 0) is 25.9 Å². The first-order chi connectivity index (χ1) is 10.1. The van der Waals surface area contributed by atoms with Gasteiger partial charge in [-0.25, -0.2) is 0 Å². The number of hydrogen-bond acceptors (Lipinski definition) is 5. The monoisotopic (exact) mass is 291 g/mol.